The van der Waals surface area contributed by atoms with Gasteiger partial charge in [0.25, 0.3) is 0 Å². The normalized spacial score (nSPS) is 11.1. The average molecular weight is 187 g/mol. The lowest BCUT2D eigenvalue weighted by atomic mass is 10.1. The number of fused-ring (bicyclic) bond motifs is 1. The van der Waals surface area contributed by atoms with E-state index < -0.39 is 0 Å². The summed E-state index contributed by atoms with van der Waals surface area (Å²) in [7, 11) is 0. The highest BCUT2D eigenvalue weighted by atomic mass is 16.1. The van der Waals surface area contributed by atoms with Crippen molar-refractivity contribution in [2.24, 2.45) is 0 Å². The van der Waals surface area contributed by atoms with Crippen LogP contribution < -0.4 is 5.56 Å². The molecule has 0 unspecified atom stereocenters. The van der Waals surface area contributed by atoms with Crippen molar-refractivity contribution in [3.8, 4) is 11.3 Å². The minimum atomic E-state index is -0.0269. The van der Waals surface area contributed by atoms with E-state index in [9.17, 15) is 4.79 Å². The van der Waals surface area contributed by atoms with E-state index in [2.05, 4.69) is 24.9 Å². The van der Waals surface area contributed by atoms with E-state index in [0.29, 0.717) is 5.92 Å². The molecule has 72 valence electrons. The maximum absolute atomic E-state index is 11.1. The summed E-state index contributed by atoms with van der Waals surface area (Å²) in [6, 6.07) is 9.70. The van der Waals surface area contributed by atoms with Crippen LogP contribution in [0, 0.1) is 0 Å². The van der Waals surface area contributed by atoms with Crippen molar-refractivity contribution in [1.29, 1.82) is 0 Å². The standard InChI is InChI=1S/C12H13NO/c1-8(2)9-4-3-5-10-7-12(14)13-11(10)6-9/h3-8H,1-2H3,(H,13,14). The summed E-state index contributed by atoms with van der Waals surface area (Å²) in [5.74, 6) is 0.476. The van der Waals surface area contributed by atoms with Crippen molar-refractivity contribution in [1.82, 2.24) is 4.98 Å². The van der Waals surface area contributed by atoms with Crippen LogP contribution in [-0.2, 0) is 0 Å². The molecular weight excluding hydrogens is 174 g/mol. The average Bonchev–Trinajstić information content (AvgIpc) is 2.32. The fourth-order valence-corrected chi connectivity index (χ4v) is 1.55. The van der Waals surface area contributed by atoms with Gasteiger partial charge in [-0.25, -0.2) is 0 Å². The Morgan fingerprint density at radius 2 is 2.00 bits per heavy atom. The first-order chi connectivity index (χ1) is 6.66. The first-order valence-electron chi connectivity index (χ1n) is 4.80. The molecule has 0 aromatic carbocycles. The maximum Gasteiger partial charge on any atom is 0.249 e. The lowest BCUT2D eigenvalue weighted by molar-refractivity contribution is 0.868. The van der Waals surface area contributed by atoms with Gasteiger partial charge in [-0.05, 0) is 17.5 Å². The molecule has 0 aromatic rings. The largest absolute Gasteiger partial charge is 0.322 e. The van der Waals surface area contributed by atoms with Crippen LogP contribution in [0.3, 0.4) is 0 Å². The number of hydrogen-bond donors (Lipinski definition) is 1. The van der Waals surface area contributed by atoms with Gasteiger partial charge < -0.3 is 4.98 Å². The number of nitrogens with one attached hydrogen (secondary N) is 1. The van der Waals surface area contributed by atoms with Gasteiger partial charge in [0.1, 0.15) is 0 Å². The zero-order valence-electron chi connectivity index (χ0n) is 8.37. The second kappa shape index (κ2) is 3.29. The van der Waals surface area contributed by atoms with E-state index in [4.69, 9.17) is 0 Å². The van der Waals surface area contributed by atoms with Crippen molar-refractivity contribution in [3.63, 3.8) is 0 Å². The number of rotatable bonds is 1. The smallest absolute Gasteiger partial charge is 0.249 e. The Balaban J connectivity index is 2.66. The zero-order chi connectivity index (χ0) is 10.1. The molecule has 0 atom stereocenters. The molecule has 0 amide bonds. The SMILES string of the molecule is CC(C)c1cccc2cc(=O)[nH]c-2c1. The molecule has 0 spiro atoms. The molecular formula is C12H13NO. The molecule has 2 aliphatic rings. The molecule has 0 aromatic heterocycles. The van der Waals surface area contributed by atoms with Gasteiger partial charge in [-0.1, -0.05) is 32.0 Å². The van der Waals surface area contributed by atoms with E-state index >= 15 is 0 Å². The van der Waals surface area contributed by atoms with Crippen molar-refractivity contribution in [2.45, 2.75) is 19.8 Å². The summed E-state index contributed by atoms with van der Waals surface area (Å²) in [5, 5.41) is 0. The molecule has 14 heavy (non-hydrogen) atoms. The molecule has 2 rings (SSSR count). The Morgan fingerprint density at radius 3 is 2.71 bits per heavy atom. The lowest BCUT2D eigenvalue weighted by Gasteiger charge is -2.01. The molecule has 2 nitrogen and oxygen atoms in total. The fraction of sp³-hybridized carbons (Fsp3) is 0.250. The molecule has 0 fully saturated rings. The van der Waals surface area contributed by atoms with Crippen LogP contribution in [0.25, 0.3) is 11.3 Å². The van der Waals surface area contributed by atoms with E-state index in [0.717, 1.165) is 11.3 Å². The second-order valence-corrected chi connectivity index (χ2v) is 3.83. The summed E-state index contributed by atoms with van der Waals surface area (Å²) < 4.78 is 0. The van der Waals surface area contributed by atoms with Gasteiger partial charge in [0, 0.05) is 17.3 Å². The van der Waals surface area contributed by atoms with Crippen LogP contribution in [0.1, 0.15) is 25.3 Å². The van der Waals surface area contributed by atoms with Gasteiger partial charge in [0.2, 0.25) is 5.56 Å². The fourth-order valence-electron chi connectivity index (χ4n) is 1.55. The maximum atomic E-state index is 11.1. The van der Waals surface area contributed by atoms with Crippen molar-refractivity contribution in [2.75, 3.05) is 0 Å². The number of aromatic nitrogens is 1. The van der Waals surface area contributed by atoms with Crippen LogP contribution in [0.15, 0.2) is 35.1 Å². The highest BCUT2D eigenvalue weighted by Gasteiger charge is 2.05. The molecule has 0 radical (unpaired) electrons. The van der Waals surface area contributed by atoms with Crippen LogP contribution in [0.5, 0.6) is 0 Å². The van der Waals surface area contributed by atoms with Crippen LogP contribution in [-0.4, -0.2) is 4.98 Å². The molecule has 1 aliphatic heterocycles. The Bertz CT molecular complexity index is 470. The summed E-state index contributed by atoms with van der Waals surface area (Å²) in [4.78, 5) is 13.9. The van der Waals surface area contributed by atoms with Gasteiger partial charge in [-0.15, -0.1) is 0 Å². The van der Waals surface area contributed by atoms with Gasteiger partial charge in [-0.3, -0.25) is 4.79 Å². The topological polar surface area (TPSA) is 32.9 Å². The van der Waals surface area contributed by atoms with Gasteiger partial charge in [-0.2, -0.15) is 0 Å². The highest BCUT2D eigenvalue weighted by molar-refractivity contribution is 5.61. The Hall–Kier alpha value is -1.57. The highest BCUT2D eigenvalue weighted by Crippen LogP contribution is 2.21. The third-order valence-electron chi connectivity index (χ3n) is 2.40. The quantitative estimate of drug-likeness (QED) is 0.731. The molecule has 2 heteroatoms. The summed E-state index contributed by atoms with van der Waals surface area (Å²) in [6.45, 7) is 4.28. The Kier molecular flexibility index (Phi) is 2.12. The van der Waals surface area contributed by atoms with E-state index in [1.807, 2.05) is 18.2 Å². The van der Waals surface area contributed by atoms with Gasteiger partial charge in [0.15, 0.2) is 0 Å². The summed E-state index contributed by atoms with van der Waals surface area (Å²) in [6.07, 6.45) is 0. The van der Waals surface area contributed by atoms with E-state index in [1.165, 1.54) is 5.56 Å². The molecule has 0 saturated heterocycles. The lowest BCUT2D eigenvalue weighted by Crippen LogP contribution is -1.93. The number of aromatic amines is 1. The predicted octanol–water partition coefficient (Wildman–Crippen LogP) is 2.60. The molecule has 0 bridgehead atoms. The number of hydrogen-bond acceptors (Lipinski definition) is 1. The Labute approximate surface area is 82.9 Å². The Morgan fingerprint density at radius 1 is 1.21 bits per heavy atom. The van der Waals surface area contributed by atoms with E-state index in [1.54, 1.807) is 6.07 Å². The molecule has 1 heterocycles. The first-order valence-corrected chi connectivity index (χ1v) is 4.80. The van der Waals surface area contributed by atoms with Gasteiger partial charge >= 0.3 is 0 Å². The van der Waals surface area contributed by atoms with Crippen molar-refractivity contribution < 1.29 is 0 Å². The third kappa shape index (κ3) is 1.55. The van der Waals surface area contributed by atoms with Crippen LogP contribution >= 0.6 is 0 Å². The molecule has 1 aliphatic carbocycles. The van der Waals surface area contributed by atoms with E-state index in [-0.39, 0.29) is 5.56 Å². The van der Waals surface area contributed by atoms with Gasteiger partial charge in [0.05, 0.1) is 0 Å². The monoisotopic (exact) mass is 187 g/mol. The number of H-pyrrole nitrogens is 1. The minimum Gasteiger partial charge on any atom is -0.322 e. The van der Waals surface area contributed by atoms with Crippen LogP contribution in [0.2, 0.25) is 0 Å². The molecule has 1 N–H and O–H groups in total. The second-order valence-electron chi connectivity index (χ2n) is 3.83. The molecule has 0 saturated carbocycles. The van der Waals surface area contributed by atoms with Crippen molar-refractivity contribution >= 4 is 0 Å². The third-order valence-corrected chi connectivity index (χ3v) is 2.40. The first kappa shape index (κ1) is 9.00. The van der Waals surface area contributed by atoms with Crippen molar-refractivity contribution in [3.05, 3.63) is 46.2 Å². The zero-order valence-corrected chi connectivity index (χ0v) is 8.37. The summed E-state index contributed by atoms with van der Waals surface area (Å²) >= 11 is 0. The minimum absolute atomic E-state index is 0.0269. The summed E-state index contributed by atoms with van der Waals surface area (Å²) in [5.41, 5.74) is 3.10. The van der Waals surface area contributed by atoms with Crippen LogP contribution in [0.4, 0.5) is 0 Å². The predicted molar refractivity (Wildman–Crippen MR) is 57.8 cm³/mol.